The van der Waals surface area contributed by atoms with E-state index in [0.717, 1.165) is 5.56 Å². The van der Waals surface area contributed by atoms with Crippen molar-refractivity contribution < 1.29 is 4.92 Å². The zero-order valence-corrected chi connectivity index (χ0v) is 14.0. The average Bonchev–Trinajstić information content (AvgIpc) is 2.60. The van der Waals surface area contributed by atoms with Crippen LogP contribution in [0, 0.1) is 17.0 Å². The molecule has 0 aliphatic rings. The highest BCUT2D eigenvalue weighted by Gasteiger charge is 2.19. The average molecular weight is 338 g/mol. The minimum Gasteiger partial charge on any atom is -0.359 e. The van der Waals surface area contributed by atoms with Gasteiger partial charge in [0.1, 0.15) is 11.5 Å². The van der Waals surface area contributed by atoms with Gasteiger partial charge < -0.3 is 9.88 Å². The van der Waals surface area contributed by atoms with Crippen molar-refractivity contribution in [1.82, 2.24) is 9.97 Å². The standard InChI is InChI=1S/C18H18N4O3/c1-3-21(15-9-8-12(2)10-16(15)22(24)25)11-17-19-14-7-5-4-6-13(14)18(23)20-17/h4-10H,3,11H2,1-2H3,(H,19,20,23). The number of aryl methyl sites for hydroxylation is 1. The van der Waals surface area contributed by atoms with Gasteiger partial charge in [0.05, 0.1) is 22.4 Å². The number of H-pyrrole nitrogens is 1. The van der Waals surface area contributed by atoms with E-state index in [-0.39, 0.29) is 22.7 Å². The van der Waals surface area contributed by atoms with Crippen LogP contribution < -0.4 is 10.5 Å². The summed E-state index contributed by atoms with van der Waals surface area (Å²) in [6, 6.07) is 12.2. The van der Waals surface area contributed by atoms with Crippen molar-refractivity contribution in [3.8, 4) is 0 Å². The highest BCUT2D eigenvalue weighted by atomic mass is 16.6. The van der Waals surface area contributed by atoms with Crippen molar-refractivity contribution in [2.24, 2.45) is 0 Å². The molecule has 2 aromatic carbocycles. The highest BCUT2D eigenvalue weighted by molar-refractivity contribution is 5.77. The Bertz CT molecular complexity index is 997. The maximum Gasteiger partial charge on any atom is 0.292 e. The zero-order chi connectivity index (χ0) is 18.0. The molecule has 0 unspecified atom stereocenters. The molecule has 0 spiro atoms. The summed E-state index contributed by atoms with van der Waals surface area (Å²) >= 11 is 0. The first-order chi connectivity index (χ1) is 12.0. The number of rotatable bonds is 5. The second-order valence-corrected chi connectivity index (χ2v) is 5.79. The van der Waals surface area contributed by atoms with Crippen molar-refractivity contribution in [3.63, 3.8) is 0 Å². The molecule has 0 fully saturated rings. The largest absolute Gasteiger partial charge is 0.359 e. The first-order valence-electron chi connectivity index (χ1n) is 7.97. The van der Waals surface area contributed by atoms with Crippen LogP contribution >= 0.6 is 0 Å². The minimum atomic E-state index is -0.387. The second kappa shape index (κ2) is 6.72. The summed E-state index contributed by atoms with van der Waals surface area (Å²) in [4.78, 5) is 32.3. The van der Waals surface area contributed by atoms with Crippen LogP contribution in [0.4, 0.5) is 11.4 Å². The van der Waals surface area contributed by atoms with E-state index in [1.54, 1.807) is 30.3 Å². The van der Waals surface area contributed by atoms with Crippen LogP contribution in [0.15, 0.2) is 47.3 Å². The monoisotopic (exact) mass is 338 g/mol. The van der Waals surface area contributed by atoms with Crippen molar-refractivity contribution >= 4 is 22.3 Å². The Morgan fingerprint density at radius 1 is 1.24 bits per heavy atom. The molecule has 0 radical (unpaired) electrons. The number of hydrogen-bond donors (Lipinski definition) is 1. The molecule has 25 heavy (non-hydrogen) atoms. The van der Waals surface area contributed by atoms with Gasteiger partial charge in [-0.05, 0) is 37.6 Å². The number of nitrogens with zero attached hydrogens (tertiary/aromatic N) is 3. The molecule has 0 saturated heterocycles. The maximum absolute atomic E-state index is 12.2. The normalized spacial score (nSPS) is 10.8. The highest BCUT2D eigenvalue weighted by Crippen LogP contribution is 2.29. The molecule has 1 heterocycles. The summed E-state index contributed by atoms with van der Waals surface area (Å²) in [6.07, 6.45) is 0. The van der Waals surface area contributed by atoms with Crippen LogP contribution in [0.25, 0.3) is 10.9 Å². The number of nitrogens with one attached hydrogen (secondary N) is 1. The number of anilines is 1. The molecule has 0 aliphatic carbocycles. The van der Waals surface area contributed by atoms with Crippen LogP contribution in [-0.4, -0.2) is 21.4 Å². The Kier molecular flexibility index (Phi) is 4.47. The Morgan fingerprint density at radius 3 is 2.72 bits per heavy atom. The maximum atomic E-state index is 12.2. The number of fused-ring (bicyclic) bond motifs is 1. The lowest BCUT2D eigenvalue weighted by atomic mass is 10.1. The van der Waals surface area contributed by atoms with Gasteiger partial charge in [0.25, 0.3) is 11.2 Å². The van der Waals surface area contributed by atoms with Crippen LogP contribution in [0.1, 0.15) is 18.3 Å². The van der Waals surface area contributed by atoms with Gasteiger partial charge in [-0.3, -0.25) is 14.9 Å². The van der Waals surface area contributed by atoms with Gasteiger partial charge in [0.15, 0.2) is 0 Å². The fourth-order valence-electron chi connectivity index (χ4n) is 2.80. The van der Waals surface area contributed by atoms with Gasteiger partial charge in [0.2, 0.25) is 0 Å². The number of nitro groups is 1. The molecule has 0 atom stereocenters. The van der Waals surface area contributed by atoms with Gasteiger partial charge in [-0.15, -0.1) is 0 Å². The molecule has 128 valence electrons. The summed E-state index contributed by atoms with van der Waals surface area (Å²) in [5.41, 5.74) is 1.77. The molecule has 7 heteroatoms. The molecule has 1 N–H and O–H groups in total. The summed E-state index contributed by atoms with van der Waals surface area (Å²) in [7, 11) is 0. The summed E-state index contributed by atoms with van der Waals surface area (Å²) in [6.45, 7) is 4.54. The van der Waals surface area contributed by atoms with E-state index in [1.807, 2.05) is 30.9 Å². The minimum absolute atomic E-state index is 0.0463. The topological polar surface area (TPSA) is 92.1 Å². The molecule has 0 aliphatic heterocycles. The molecule has 0 saturated carbocycles. The number of nitro benzene ring substituents is 1. The molecule has 0 amide bonds. The van der Waals surface area contributed by atoms with Crippen molar-refractivity contribution in [3.05, 3.63) is 74.3 Å². The van der Waals surface area contributed by atoms with E-state index < -0.39 is 0 Å². The van der Waals surface area contributed by atoms with E-state index in [2.05, 4.69) is 9.97 Å². The van der Waals surface area contributed by atoms with E-state index in [1.165, 1.54) is 0 Å². The predicted molar refractivity (Wildman–Crippen MR) is 96.9 cm³/mol. The smallest absolute Gasteiger partial charge is 0.292 e. The molecule has 0 bridgehead atoms. The van der Waals surface area contributed by atoms with E-state index in [9.17, 15) is 14.9 Å². The van der Waals surface area contributed by atoms with E-state index >= 15 is 0 Å². The third-order valence-corrected chi connectivity index (χ3v) is 4.05. The van der Waals surface area contributed by atoms with Gasteiger partial charge in [-0.2, -0.15) is 0 Å². The number of hydrogen-bond acceptors (Lipinski definition) is 5. The van der Waals surface area contributed by atoms with Crippen LogP contribution in [0.3, 0.4) is 0 Å². The SMILES string of the molecule is CCN(Cc1nc2ccccc2c(=O)[nH]1)c1ccc(C)cc1[N+](=O)[O-]. The fraction of sp³-hybridized carbons (Fsp3) is 0.222. The van der Waals surface area contributed by atoms with E-state index in [0.29, 0.717) is 29.0 Å². The quantitative estimate of drug-likeness (QED) is 0.570. The third kappa shape index (κ3) is 3.35. The number of benzene rings is 2. The van der Waals surface area contributed by atoms with Crippen LogP contribution in [-0.2, 0) is 6.54 Å². The van der Waals surface area contributed by atoms with Crippen LogP contribution in [0.2, 0.25) is 0 Å². The summed E-state index contributed by atoms with van der Waals surface area (Å²) < 4.78 is 0. The molecular weight excluding hydrogens is 320 g/mol. The Morgan fingerprint density at radius 2 is 2.00 bits per heavy atom. The van der Waals surface area contributed by atoms with Crippen molar-refractivity contribution in [2.45, 2.75) is 20.4 Å². The molecule has 3 aromatic rings. The summed E-state index contributed by atoms with van der Waals surface area (Å²) in [5.74, 6) is 0.473. The summed E-state index contributed by atoms with van der Waals surface area (Å²) in [5, 5.41) is 11.9. The zero-order valence-electron chi connectivity index (χ0n) is 14.0. The number of para-hydroxylation sites is 1. The first kappa shape index (κ1) is 16.6. The molecule has 3 rings (SSSR count). The molecular formula is C18H18N4O3. The lowest BCUT2D eigenvalue weighted by molar-refractivity contribution is -0.384. The lowest BCUT2D eigenvalue weighted by Gasteiger charge is -2.22. The number of aromatic nitrogens is 2. The Balaban J connectivity index is 2.01. The van der Waals surface area contributed by atoms with Gasteiger partial charge in [0, 0.05) is 12.6 Å². The predicted octanol–water partition coefficient (Wildman–Crippen LogP) is 3.17. The lowest BCUT2D eigenvalue weighted by Crippen LogP contribution is -2.26. The van der Waals surface area contributed by atoms with Gasteiger partial charge in [-0.1, -0.05) is 18.2 Å². The van der Waals surface area contributed by atoms with Gasteiger partial charge >= 0.3 is 0 Å². The Hall–Kier alpha value is -3.22. The third-order valence-electron chi connectivity index (χ3n) is 4.05. The number of aromatic amines is 1. The Labute approximate surface area is 144 Å². The molecule has 1 aromatic heterocycles. The molecule has 7 nitrogen and oxygen atoms in total. The fourth-order valence-corrected chi connectivity index (χ4v) is 2.80. The van der Waals surface area contributed by atoms with Crippen LogP contribution in [0.5, 0.6) is 0 Å². The van der Waals surface area contributed by atoms with Crippen molar-refractivity contribution in [2.75, 3.05) is 11.4 Å². The first-order valence-corrected chi connectivity index (χ1v) is 7.97. The van der Waals surface area contributed by atoms with Crippen molar-refractivity contribution in [1.29, 1.82) is 0 Å². The van der Waals surface area contributed by atoms with E-state index in [4.69, 9.17) is 0 Å². The van der Waals surface area contributed by atoms with Gasteiger partial charge in [-0.25, -0.2) is 4.98 Å². The second-order valence-electron chi connectivity index (χ2n) is 5.79.